The normalized spacial score (nSPS) is 16.0. The second-order valence-corrected chi connectivity index (χ2v) is 6.38. The maximum absolute atomic E-state index is 13.5. The summed E-state index contributed by atoms with van der Waals surface area (Å²) in [6.07, 6.45) is 2.29. The van der Waals surface area contributed by atoms with Crippen LogP contribution < -0.4 is 5.32 Å². The average Bonchev–Trinajstić information content (AvgIpc) is 2.41. The Hall–Kier alpha value is -1.75. The molecule has 0 unspecified atom stereocenters. The van der Waals surface area contributed by atoms with Crippen LogP contribution in [0.15, 0.2) is 46.9 Å². The van der Waals surface area contributed by atoms with Gasteiger partial charge < -0.3 is 5.32 Å². The smallest absolute Gasteiger partial charge is 0.235 e. The van der Waals surface area contributed by atoms with E-state index in [9.17, 15) is 13.6 Å². The lowest BCUT2D eigenvalue weighted by Crippen LogP contribution is -2.46. The van der Waals surface area contributed by atoms with Gasteiger partial charge in [0.15, 0.2) is 0 Å². The number of carbonyl (C=O) groups excluding carboxylic acids is 1. The molecule has 1 amide bonds. The van der Waals surface area contributed by atoms with Gasteiger partial charge in [-0.25, -0.2) is 8.78 Å². The molecule has 22 heavy (non-hydrogen) atoms. The van der Waals surface area contributed by atoms with Crippen molar-refractivity contribution in [2.24, 2.45) is 0 Å². The minimum atomic E-state index is -0.698. The van der Waals surface area contributed by atoms with Crippen LogP contribution in [0.4, 0.5) is 14.5 Å². The number of carbonyl (C=O) groups is 1. The minimum absolute atomic E-state index is 0.184. The number of rotatable bonds is 3. The van der Waals surface area contributed by atoms with Crippen molar-refractivity contribution < 1.29 is 13.6 Å². The van der Waals surface area contributed by atoms with Crippen molar-refractivity contribution in [1.82, 2.24) is 0 Å². The summed E-state index contributed by atoms with van der Waals surface area (Å²) in [5.74, 6) is -0.912. The maximum Gasteiger partial charge on any atom is 0.235 e. The molecule has 2 nitrogen and oxygen atoms in total. The largest absolute Gasteiger partial charge is 0.324 e. The van der Waals surface area contributed by atoms with Crippen molar-refractivity contribution in [3.63, 3.8) is 0 Å². The third kappa shape index (κ3) is 2.65. The molecule has 2 aromatic carbocycles. The predicted molar refractivity (Wildman–Crippen MR) is 84.7 cm³/mol. The first-order valence-electron chi connectivity index (χ1n) is 7.04. The number of amides is 1. The molecule has 0 aromatic heterocycles. The van der Waals surface area contributed by atoms with Crippen molar-refractivity contribution in [1.29, 1.82) is 0 Å². The monoisotopic (exact) mass is 365 g/mol. The highest BCUT2D eigenvalue weighted by Crippen LogP contribution is 2.45. The molecule has 1 aliphatic carbocycles. The quantitative estimate of drug-likeness (QED) is 0.832. The number of benzene rings is 2. The van der Waals surface area contributed by atoms with Gasteiger partial charge in [0.05, 0.1) is 11.1 Å². The fourth-order valence-corrected chi connectivity index (χ4v) is 3.25. The van der Waals surface area contributed by atoms with Gasteiger partial charge >= 0.3 is 0 Å². The summed E-state index contributed by atoms with van der Waals surface area (Å²) in [5, 5.41) is 2.82. The minimum Gasteiger partial charge on any atom is -0.324 e. The Morgan fingerprint density at radius 3 is 2.41 bits per heavy atom. The van der Waals surface area contributed by atoms with Crippen LogP contribution in [0.5, 0.6) is 0 Å². The summed E-state index contributed by atoms with van der Waals surface area (Å²) in [4.78, 5) is 12.7. The number of halogens is 3. The average molecular weight is 366 g/mol. The Balaban J connectivity index is 1.89. The fraction of sp³-hybridized carbons (Fsp3) is 0.235. The van der Waals surface area contributed by atoms with Gasteiger partial charge in [-0.3, -0.25) is 4.79 Å². The predicted octanol–water partition coefficient (Wildman–Crippen LogP) is 4.79. The number of anilines is 1. The van der Waals surface area contributed by atoms with E-state index in [1.807, 2.05) is 0 Å². The molecule has 5 heteroatoms. The van der Waals surface area contributed by atoms with Crippen LogP contribution in [0, 0.1) is 11.6 Å². The van der Waals surface area contributed by atoms with E-state index in [0.717, 1.165) is 6.42 Å². The maximum atomic E-state index is 13.5. The summed E-state index contributed by atoms with van der Waals surface area (Å²) in [7, 11) is 0. The van der Waals surface area contributed by atoms with Gasteiger partial charge in [0.1, 0.15) is 11.6 Å². The summed E-state index contributed by atoms with van der Waals surface area (Å²) < 4.78 is 27.1. The molecule has 114 valence electrons. The lowest BCUT2D eigenvalue weighted by molar-refractivity contribution is -0.124. The van der Waals surface area contributed by atoms with Gasteiger partial charge in [0, 0.05) is 4.47 Å². The molecule has 0 saturated heterocycles. The highest BCUT2D eigenvalue weighted by molar-refractivity contribution is 9.10. The van der Waals surface area contributed by atoms with Crippen molar-refractivity contribution in [2.45, 2.75) is 24.7 Å². The van der Waals surface area contributed by atoms with Crippen LogP contribution in [-0.4, -0.2) is 5.91 Å². The summed E-state index contributed by atoms with van der Waals surface area (Å²) >= 11 is 3.24. The lowest BCUT2D eigenvalue weighted by atomic mass is 9.63. The van der Waals surface area contributed by atoms with Gasteiger partial charge in [0.2, 0.25) is 5.91 Å². The Kier molecular flexibility index (Phi) is 4.00. The molecule has 3 rings (SSSR count). The van der Waals surface area contributed by atoms with Gasteiger partial charge in [-0.05, 0) is 64.7 Å². The number of hydrogen-bond donors (Lipinski definition) is 1. The molecule has 0 bridgehead atoms. The SMILES string of the molecule is O=C(Nc1ccc(F)cc1Br)C1(c2cccc(F)c2)CCC1. The Morgan fingerprint density at radius 2 is 1.82 bits per heavy atom. The van der Waals surface area contributed by atoms with Crippen LogP contribution in [0.2, 0.25) is 0 Å². The second-order valence-electron chi connectivity index (χ2n) is 5.52. The Labute approximate surface area is 135 Å². The molecule has 0 aliphatic heterocycles. The number of hydrogen-bond acceptors (Lipinski definition) is 1. The zero-order valence-electron chi connectivity index (χ0n) is 11.7. The zero-order chi connectivity index (χ0) is 15.7. The van der Waals surface area contributed by atoms with E-state index >= 15 is 0 Å². The fourth-order valence-electron chi connectivity index (χ4n) is 2.80. The molecule has 1 fully saturated rings. The topological polar surface area (TPSA) is 29.1 Å². The van der Waals surface area contributed by atoms with Crippen LogP contribution in [0.3, 0.4) is 0 Å². The molecule has 1 aliphatic rings. The van der Waals surface area contributed by atoms with Crippen LogP contribution >= 0.6 is 15.9 Å². The van der Waals surface area contributed by atoms with Crippen LogP contribution in [0.25, 0.3) is 0 Å². The molecule has 0 spiro atoms. The highest BCUT2D eigenvalue weighted by atomic mass is 79.9. The third-order valence-electron chi connectivity index (χ3n) is 4.20. The van der Waals surface area contributed by atoms with E-state index < -0.39 is 5.41 Å². The molecule has 1 N–H and O–H groups in total. The van der Waals surface area contributed by atoms with Crippen molar-refractivity contribution in [3.8, 4) is 0 Å². The van der Waals surface area contributed by atoms with Crippen molar-refractivity contribution >= 4 is 27.5 Å². The zero-order valence-corrected chi connectivity index (χ0v) is 13.3. The molecule has 0 atom stereocenters. The van der Waals surface area contributed by atoms with E-state index in [-0.39, 0.29) is 17.5 Å². The van der Waals surface area contributed by atoms with E-state index in [4.69, 9.17) is 0 Å². The van der Waals surface area contributed by atoms with Gasteiger partial charge in [0.25, 0.3) is 0 Å². The van der Waals surface area contributed by atoms with E-state index in [1.54, 1.807) is 12.1 Å². The first-order valence-corrected chi connectivity index (χ1v) is 7.83. The molecule has 2 aromatic rings. The van der Waals surface area contributed by atoms with Crippen LogP contribution in [-0.2, 0) is 10.2 Å². The van der Waals surface area contributed by atoms with E-state index in [1.165, 1.54) is 30.3 Å². The molecule has 0 heterocycles. The standard InChI is InChI=1S/C17H14BrF2NO/c18-14-10-13(20)5-6-15(14)21-16(22)17(7-2-8-17)11-3-1-4-12(19)9-11/h1,3-6,9-10H,2,7-8H2,(H,21,22). The lowest BCUT2D eigenvalue weighted by Gasteiger charge is -2.40. The summed E-state index contributed by atoms with van der Waals surface area (Å²) in [5.41, 5.74) is 0.499. The van der Waals surface area contributed by atoms with Crippen LogP contribution in [0.1, 0.15) is 24.8 Å². The second kappa shape index (κ2) is 5.80. The van der Waals surface area contributed by atoms with E-state index in [0.29, 0.717) is 28.6 Å². The van der Waals surface area contributed by atoms with Gasteiger partial charge in [-0.1, -0.05) is 18.6 Å². The van der Waals surface area contributed by atoms with Gasteiger partial charge in [-0.15, -0.1) is 0 Å². The first kappa shape index (κ1) is 15.2. The first-order chi connectivity index (χ1) is 10.5. The van der Waals surface area contributed by atoms with E-state index in [2.05, 4.69) is 21.2 Å². The molecular weight excluding hydrogens is 352 g/mol. The van der Waals surface area contributed by atoms with Crippen molar-refractivity contribution in [3.05, 3.63) is 64.1 Å². The van der Waals surface area contributed by atoms with Gasteiger partial charge in [-0.2, -0.15) is 0 Å². The Bertz CT molecular complexity index is 728. The van der Waals surface area contributed by atoms with Crippen molar-refractivity contribution in [2.75, 3.05) is 5.32 Å². The third-order valence-corrected chi connectivity index (χ3v) is 4.85. The summed E-state index contributed by atoms with van der Waals surface area (Å²) in [6.45, 7) is 0. The highest BCUT2D eigenvalue weighted by Gasteiger charge is 2.45. The number of nitrogens with one attached hydrogen (secondary N) is 1. The molecule has 1 saturated carbocycles. The Morgan fingerprint density at radius 1 is 1.09 bits per heavy atom. The summed E-state index contributed by atoms with van der Waals surface area (Å²) in [6, 6.07) is 10.3. The molecule has 0 radical (unpaired) electrons. The molecular formula is C17H14BrF2NO.